The highest BCUT2D eigenvalue weighted by Gasteiger charge is 2.11. The second kappa shape index (κ2) is 8.05. The normalized spacial score (nSPS) is 10.5. The summed E-state index contributed by atoms with van der Waals surface area (Å²) in [4.78, 5) is 24.9. The van der Waals surface area contributed by atoms with Crippen LogP contribution in [0.3, 0.4) is 0 Å². The Morgan fingerprint density at radius 2 is 2.12 bits per heavy atom. The van der Waals surface area contributed by atoms with Crippen LogP contribution in [0.25, 0.3) is 10.6 Å². The summed E-state index contributed by atoms with van der Waals surface area (Å²) in [5.74, 6) is 0.257. The Hall–Kier alpha value is -2.13. The molecule has 0 atom stereocenters. The van der Waals surface area contributed by atoms with Crippen LogP contribution in [0.15, 0.2) is 51.9 Å². The number of carbonyl (C=O) groups excluding carboxylic acids is 1. The molecule has 10 heteroatoms. The second-order valence-corrected chi connectivity index (χ2v) is 7.45. The Morgan fingerprint density at radius 3 is 2.77 bits per heavy atom. The summed E-state index contributed by atoms with van der Waals surface area (Å²) < 4.78 is 11.7. The van der Waals surface area contributed by atoms with E-state index < -0.39 is 11.5 Å². The van der Waals surface area contributed by atoms with Crippen molar-refractivity contribution in [2.75, 3.05) is 12.0 Å². The van der Waals surface area contributed by atoms with Gasteiger partial charge in [-0.05, 0) is 42.5 Å². The van der Waals surface area contributed by atoms with E-state index in [4.69, 9.17) is 44.6 Å². The number of nitrogens with zero attached hydrogens (tertiary/aromatic N) is 1. The zero-order valence-electron chi connectivity index (χ0n) is 12.9. The van der Waals surface area contributed by atoms with Gasteiger partial charge in [-0.3, -0.25) is 15.0 Å². The summed E-state index contributed by atoms with van der Waals surface area (Å²) in [7, 11) is 0. The number of furan rings is 1. The molecule has 0 radical (unpaired) electrons. The Bertz CT molecular complexity index is 1030. The fraction of sp³-hybridized carbons (Fsp3) is 0.0625. The van der Waals surface area contributed by atoms with Gasteiger partial charge in [0.25, 0.3) is 11.5 Å². The third kappa shape index (κ3) is 4.34. The highest BCUT2D eigenvalue weighted by molar-refractivity contribution is 7.73. The molecule has 0 spiro atoms. The van der Waals surface area contributed by atoms with Gasteiger partial charge in [0.15, 0.2) is 10.6 Å². The van der Waals surface area contributed by atoms with Crippen molar-refractivity contribution in [1.82, 2.24) is 4.68 Å². The summed E-state index contributed by atoms with van der Waals surface area (Å²) >= 11 is 18.1. The number of aromatic nitrogens is 1. The Morgan fingerprint density at radius 1 is 1.31 bits per heavy atom. The first-order chi connectivity index (χ1) is 12.4. The van der Waals surface area contributed by atoms with Gasteiger partial charge in [0.05, 0.1) is 16.2 Å². The molecule has 0 saturated heterocycles. The minimum Gasteiger partial charge on any atom is -0.482 e. The van der Waals surface area contributed by atoms with Crippen LogP contribution in [-0.2, 0) is 4.79 Å². The van der Waals surface area contributed by atoms with Gasteiger partial charge in [0, 0.05) is 11.1 Å². The average molecular weight is 429 g/mol. The Kier molecular flexibility index (Phi) is 5.77. The Balaban J connectivity index is 1.71. The molecule has 3 rings (SSSR count). The minimum absolute atomic E-state index is 0.168. The van der Waals surface area contributed by atoms with Gasteiger partial charge >= 0.3 is 0 Å². The maximum atomic E-state index is 12.2. The molecule has 0 aliphatic rings. The first-order valence-corrected chi connectivity index (χ1v) is 9.11. The number of benzene rings is 1. The van der Waals surface area contributed by atoms with Crippen molar-refractivity contribution in [3.05, 3.63) is 67.0 Å². The lowest BCUT2D eigenvalue weighted by Crippen LogP contribution is -2.35. The zero-order chi connectivity index (χ0) is 18.7. The molecule has 0 unspecified atom stereocenters. The van der Waals surface area contributed by atoms with E-state index >= 15 is 0 Å². The number of amides is 1. The largest absolute Gasteiger partial charge is 0.482 e. The number of nitrogens with one attached hydrogen (secondary N) is 1. The Labute approximate surface area is 166 Å². The molecule has 1 aromatic carbocycles. The van der Waals surface area contributed by atoms with Crippen molar-refractivity contribution in [3.63, 3.8) is 0 Å². The van der Waals surface area contributed by atoms with E-state index in [1.165, 1.54) is 18.4 Å². The van der Waals surface area contributed by atoms with Gasteiger partial charge in [0.1, 0.15) is 11.5 Å². The summed E-state index contributed by atoms with van der Waals surface area (Å²) in [6, 6.07) is 9.38. The van der Waals surface area contributed by atoms with Gasteiger partial charge in [-0.1, -0.05) is 23.2 Å². The highest BCUT2D eigenvalue weighted by Crippen LogP contribution is 2.27. The smallest absolute Gasteiger partial charge is 0.276 e. The van der Waals surface area contributed by atoms with Crippen molar-refractivity contribution in [1.29, 1.82) is 0 Å². The number of carbonyl (C=O) groups is 1. The molecular formula is C16H10Cl2N2O4S2. The van der Waals surface area contributed by atoms with Crippen LogP contribution in [0, 0.1) is 3.95 Å². The van der Waals surface area contributed by atoms with Crippen LogP contribution in [0.2, 0.25) is 10.0 Å². The van der Waals surface area contributed by atoms with Crippen LogP contribution in [-0.4, -0.2) is 17.2 Å². The van der Waals surface area contributed by atoms with Gasteiger partial charge < -0.3 is 9.15 Å². The first kappa shape index (κ1) is 18.7. The van der Waals surface area contributed by atoms with E-state index in [0.29, 0.717) is 21.4 Å². The first-order valence-electron chi connectivity index (χ1n) is 7.13. The number of hydrogen-bond donors (Lipinski definition) is 1. The van der Waals surface area contributed by atoms with Crippen LogP contribution >= 0.6 is 46.8 Å². The molecule has 2 heterocycles. The SMILES string of the molecule is O=C(COc1ccc(Cl)cc1Cl)Nn1c(=O)cc(-c2ccco2)sc1=S. The predicted molar refractivity (Wildman–Crippen MR) is 103 cm³/mol. The molecule has 1 amide bonds. The fourth-order valence-corrected chi connectivity index (χ4v) is 3.63. The molecule has 0 aliphatic heterocycles. The van der Waals surface area contributed by atoms with Crippen molar-refractivity contribution >= 4 is 52.7 Å². The summed E-state index contributed by atoms with van der Waals surface area (Å²) in [5.41, 5.74) is 1.91. The van der Waals surface area contributed by atoms with Gasteiger partial charge in [-0.15, -0.1) is 11.3 Å². The highest BCUT2D eigenvalue weighted by atomic mass is 35.5. The van der Waals surface area contributed by atoms with Crippen LogP contribution in [0.5, 0.6) is 5.75 Å². The second-order valence-electron chi connectivity index (χ2n) is 4.93. The standard InChI is InChI=1S/C16H10Cl2N2O4S2/c17-9-3-4-11(10(18)6-9)24-8-14(21)19-20-15(22)7-13(26-16(20)25)12-2-1-5-23-12/h1-7H,8H2,(H,19,21). The zero-order valence-corrected chi connectivity index (χ0v) is 16.0. The number of rotatable bonds is 5. The molecule has 0 bridgehead atoms. The van der Waals surface area contributed by atoms with Crippen molar-refractivity contribution in [2.45, 2.75) is 0 Å². The van der Waals surface area contributed by atoms with E-state index in [1.807, 2.05) is 0 Å². The summed E-state index contributed by atoms with van der Waals surface area (Å²) in [5, 5.41) is 0.726. The third-order valence-corrected chi connectivity index (χ3v) is 4.97. The summed E-state index contributed by atoms with van der Waals surface area (Å²) in [6.45, 7) is -0.354. The van der Waals surface area contributed by atoms with Crippen LogP contribution in [0.1, 0.15) is 0 Å². The molecule has 2 aromatic heterocycles. The lowest BCUT2D eigenvalue weighted by Gasteiger charge is -2.10. The van der Waals surface area contributed by atoms with E-state index in [1.54, 1.807) is 24.3 Å². The van der Waals surface area contributed by atoms with E-state index in [-0.39, 0.29) is 15.6 Å². The number of halogens is 2. The molecule has 0 saturated carbocycles. The topological polar surface area (TPSA) is 73.5 Å². The van der Waals surface area contributed by atoms with Crippen molar-refractivity contribution in [2.24, 2.45) is 0 Å². The van der Waals surface area contributed by atoms with E-state index in [2.05, 4.69) is 5.43 Å². The van der Waals surface area contributed by atoms with Crippen LogP contribution < -0.4 is 15.7 Å². The quantitative estimate of drug-likeness (QED) is 0.611. The maximum Gasteiger partial charge on any atom is 0.276 e. The molecule has 6 nitrogen and oxygen atoms in total. The monoisotopic (exact) mass is 428 g/mol. The van der Waals surface area contributed by atoms with E-state index in [0.717, 1.165) is 16.0 Å². The molecule has 0 fully saturated rings. The molecule has 0 aliphatic carbocycles. The minimum atomic E-state index is -0.567. The lowest BCUT2D eigenvalue weighted by atomic mass is 10.3. The predicted octanol–water partition coefficient (Wildman–Crippen LogP) is 4.36. The van der Waals surface area contributed by atoms with Crippen LogP contribution in [0.4, 0.5) is 0 Å². The van der Waals surface area contributed by atoms with Gasteiger partial charge in [-0.25, -0.2) is 0 Å². The number of hydrogen-bond acceptors (Lipinski definition) is 6. The lowest BCUT2D eigenvalue weighted by molar-refractivity contribution is -0.119. The van der Waals surface area contributed by atoms with Gasteiger partial charge in [0.2, 0.25) is 0 Å². The third-order valence-electron chi connectivity index (χ3n) is 3.11. The van der Waals surface area contributed by atoms with Crippen molar-refractivity contribution in [3.8, 4) is 16.4 Å². The molecule has 134 valence electrons. The maximum absolute atomic E-state index is 12.2. The molecule has 26 heavy (non-hydrogen) atoms. The fourth-order valence-electron chi connectivity index (χ4n) is 1.97. The molecule has 3 aromatic rings. The van der Waals surface area contributed by atoms with Crippen molar-refractivity contribution < 1.29 is 13.9 Å². The molecule has 1 N–H and O–H groups in total. The molecular weight excluding hydrogens is 419 g/mol. The summed E-state index contributed by atoms with van der Waals surface area (Å²) in [6.07, 6.45) is 1.50. The number of ether oxygens (including phenoxy) is 1. The average Bonchev–Trinajstić information content (AvgIpc) is 3.12. The van der Waals surface area contributed by atoms with Gasteiger partial charge in [-0.2, -0.15) is 4.68 Å². The van der Waals surface area contributed by atoms with E-state index in [9.17, 15) is 9.59 Å².